The summed E-state index contributed by atoms with van der Waals surface area (Å²) in [7, 11) is -1.21. The summed E-state index contributed by atoms with van der Waals surface area (Å²) < 4.78 is 24.4. The van der Waals surface area contributed by atoms with Gasteiger partial charge in [0, 0.05) is 44.2 Å². The molecule has 3 rings (SSSR count). The van der Waals surface area contributed by atoms with Crippen LogP contribution in [0.2, 0.25) is 25.7 Å². The molecule has 2 amide bonds. The highest BCUT2D eigenvalue weighted by molar-refractivity contribution is 6.76. The van der Waals surface area contributed by atoms with Gasteiger partial charge in [-0.1, -0.05) is 19.6 Å². The van der Waals surface area contributed by atoms with Gasteiger partial charge in [0.25, 0.3) is 5.91 Å². The molecule has 0 aliphatic carbocycles. The van der Waals surface area contributed by atoms with Crippen LogP contribution in [0.5, 0.6) is 0 Å². The summed E-state index contributed by atoms with van der Waals surface area (Å²) in [6, 6.07) is 4.76. The van der Waals surface area contributed by atoms with E-state index in [0.717, 1.165) is 11.7 Å². The van der Waals surface area contributed by atoms with E-state index in [4.69, 9.17) is 27.9 Å². The summed E-state index contributed by atoms with van der Waals surface area (Å²) in [4.78, 5) is 29.5. The van der Waals surface area contributed by atoms with Crippen LogP contribution in [-0.2, 0) is 22.8 Å². The molecule has 0 fully saturated rings. The number of pyridine rings is 1. The third kappa shape index (κ3) is 9.35. The van der Waals surface area contributed by atoms with Gasteiger partial charge >= 0.3 is 0 Å². The predicted molar refractivity (Wildman–Crippen MR) is 166 cm³/mol. The lowest BCUT2D eigenvalue weighted by atomic mass is 10.1. The zero-order chi connectivity index (χ0) is 31.0. The fourth-order valence-electron chi connectivity index (χ4n) is 4.40. The van der Waals surface area contributed by atoms with Crippen LogP contribution >= 0.6 is 23.2 Å². The molecule has 1 unspecified atom stereocenters. The summed E-state index contributed by atoms with van der Waals surface area (Å²) >= 11 is 11.7. The SMILES string of the molecule is CCn1nccc1C(=O)NC(CCCC(Cl)Cl)C(=O)Nc1ccc(-c2c(C)nn(COCC[Si](C)(C)C)c2C)c(F)n1. The number of anilines is 1. The third-order valence-corrected chi connectivity index (χ3v) is 8.89. The molecule has 0 bridgehead atoms. The number of aryl methyl sites for hydroxylation is 2. The average molecular weight is 641 g/mol. The minimum Gasteiger partial charge on any atom is -0.360 e. The van der Waals surface area contributed by atoms with Crippen LogP contribution in [0.25, 0.3) is 11.1 Å². The third-order valence-electron chi connectivity index (χ3n) is 6.75. The highest BCUT2D eigenvalue weighted by Crippen LogP contribution is 2.29. The second-order valence-electron chi connectivity index (χ2n) is 11.3. The minimum atomic E-state index is -1.21. The maximum Gasteiger partial charge on any atom is 0.270 e. The molecule has 1 atom stereocenters. The van der Waals surface area contributed by atoms with Gasteiger partial charge in [0.15, 0.2) is 0 Å². The summed E-state index contributed by atoms with van der Waals surface area (Å²) in [6.45, 7) is 13.8. The van der Waals surface area contributed by atoms with E-state index in [1.54, 1.807) is 23.7 Å². The zero-order valence-corrected chi connectivity index (χ0v) is 27.5. The van der Waals surface area contributed by atoms with E-state index in [-0.39, 0.29) is 24.5 Å². The van der Waals surface area contributed by atoms with Crippen LogP contribution < -0.4 is 10.6 Å². The highest BCUT2D eigenvalue weighted by Gasteiger charge is 2.25. The summed E-state index contributed by atoms with van der Waals surface area (Å²) in [6.07, 6.45) is 2.70. The molecule has 0 aromatic carbocycles. The van der Waals surface area contributed by atoms with Crippen molar-refractivity contribution in [1.29, 1.82) is 0 Å². The van der Waals surface area contributed by atoms with Gasteiger partial charge in [-0.25, -0.2) is 9.67 Å². The van der Waals surface area contributed by atoms with E-state index >= 15 is 4.39 Å². The van der Waals surface area contributed by atoms with Crippen LogP contribution in [-0.4, -0.2) is 61.9 Å². The molecule has 0 saturated heterocycles. The molecule has 10 nitrogen and oxygen atoms in total. The second kappa shape index (κ2) is 15.1. The van der Waals surface area contributed by atoms with Crippen molar-refractivity contribution in [1.82, 2.24) is 29.9 Å². The molecule has 14 heteroatoms. The Hall–Kier alpha value is -2.80. The maximum atomic E-state index is 15.3. The van der Waals surface area contributed by atoms with Crippen molar-refractivity contribution in [3.05, 3.63) is 47.4 Å². The van der Waals surface area contributed by atoms with E-state index in [2.05, 4.69) is 45.5 Å². The molecule has 3 aromatic rings. The first-order chi connectivity index (χ1) is 19.8. The van der Waals surface area contributed by atoms with Crippen molar-refractivity contribution in [2.45, 2.75) is 89.9 Å². The molecular weight excluding hydrogens is 600 g/mol. The summed E-state index contributed by atoms with van der Waals surface area (Å²) in [5.41, 5.74) is 2.61. The smallest absolute Gasteiger partial charge is 0.270 e. The van der Waals surface area contributed by atoms with E-state index in [0.29, 0.717) is 42.9 Å². The topological polar surface area (TPSA) is 116 Å². The van der Waals surface area contributed by atoms with Crippen LogP contribution in [0.1, 0.15) is 48.1 Å². The van der Waals surface area contributed by atoms with Crippen molar-refractivity contribution in [2.24, 2.45) is 0 Å². The van der Waals surface area contributed by atoms with E-state index in [9.17, 15) is 9.59 Å². The number of aromatic nitrogens is 5. The Kier molecular flexibility index (Phi) is 12.1. The quantitative estimate of drug-likeness (QED) is 0.0920. The number of nitrogens with zero attached hydrogens (tertiary/aromatic N) is 5. The number of carbonyl (C=O) groups excluding carboxylic acids is 2. The van der Waals surface area contributed by atoms with Crippen LogP contribution in [0, 0.1) is 19.8 Å². The van der Waals surface area contributed by atoms with E-state index in [1.807, 2.05) is 13.8 Å². The maximum absolute atomic E-state index is 15.3. The molecule has 0 aliphatic heterocycles. The van der Waals surface area contributed by atoms with Gasteiger partial charge in [0.05, 0.1) is 5.69 Å². The second-order valence-corrected chi connectivity index (χ2v) is 18.2. The number of halogens is 3. The van der Waals surface area contributed by atoms with Crippen molar-refractivity contribution in [3.63, 3.8) is 0 Å². The lowest BCUT2D eigenvalue weighted by molar-refractivity contribution is -0.118. The van der Waals surface area contributed by atoms with Gasteiger partial charge in [0.1, 0.15) is 29.1 Å². The summed E-state index contributed by atoms with van der Waals surface area (Å²) in [5.74, 6) is -1.73. The Morgan fingerprint density at radius 3 is 2.50 bits per heavy atom. The lowest BCUT2D eigenvalue weighted by Gasteiger charge is -2.19. The van der Waals surface area contributed by atoms with Gasteiger partial charge in [-0.3, -0.25) is 14.3 Å². The number of carbonyl (C=O) groups is 2. The number of hydrogen-bond donors (Lipinski definition) is 2. The number of nitrogens with one attached hydrogen (secondary N) is 2. The summed E-state index contributed by atoms with van der Waals surface area (Å²) in [5, 5.41) is 14.0. The first-order valence-corrected chi connectivity index (χ1v) is 18.6. The minimum absolute atomic E-state index is 0.0176. The normalized spacial score (nSPS) is 12.5. The molecule has 0 radical (unpaired) electrons. The molecule has 0 aliphatic rings. The molecular formula is C28H40Cl2FN7O3Si. The Balaban J connectivity index is 1.73. The Bertz CT molecular complexity index is 1370. The van der Waals surface area contributed by atoms with Gasteiger partial charge < -0.3 is 15.4 Å². The standard InChI is InChI=1S/C28H40Cl2FN7O3Si/c1-7-37-22(13-14-32-37)28(40)33-21(9-8-10-23(29)30)27(39)35-24-12-11-20(26(31)34-24)25-18(2)36-38(19(25)3)17-41-15-16-42(4,5)6/h11-14,21,23H,7-10,15-17H2,1-6H3,(H,33,40)(H,34,35,39). The molecule has 42 heavy (non-hydrogen) atoms. The van der Waals surface area contributed by atoms with Gasteiger partial charge in [-0.05, 0) is 64.3 Å². The first-order valence-electron chi connectivity index (χ1n) is 14.0. The van der Waals surface area contributed by atoms with Crippen LogP contribution in [0.3, 0.4) is 0 Å². The fourth-order valence-corrected chi connectivity index (χ4v) is 5.47. The first kappa shape index (κ1) is 33.7. The molecule has 3 aromatic heterocycles. The number of hydrogen-bond acceptors (Lipinski definition) is 6. The monoisotopic (exact) mass is 639 g/mol. The van der Waals surface area contributed by atoms with Gasteiger partial charge in [-0.15, -0.1) is 23.2 Å². The van der Waals surface area contributed by atoms with E-state index in [1.165, 1.54) is 16.9 Å². The Morgan fingerprint density at radius 1 is 1.12 bits per heavy atom. The van der Waals surface area contributed by atoms with Gasteiger partial charge in [-0.2, -0.15) is 14.6 Å². The predicted octanol–water partition coefficient (Wildman–Crippen LogP) is 5.94. The molecule has 2 N–H and O–H groups in total. The van der Waals surface area contributed by atoms with Gasteiger partial charge in [0.2, 0.25) is 11.9 Å². The number of amides is 2. The fraction of sp³-hybridized carbons (Fsp3) is 0.536. The van der Waals surface area contributed by atoms with Crippen molar-refractivity contribution in [3.8, 4) is 11.1 Å². The van der Waals surface area contributed by atoms with Crippen molar-refractivity contribution < 1.29 is 18.7 Å². The Morgan fingerprint density at radius 2 is 1.86 bits per heavy atom. The van der Waals surface area contributed by atoms with Crippen molar-refractivity contribution in [2.75, 3.05) is 11.9 Å². The van der Waals surface area contributed by atoms with Crippen LogP contribution in [0.4, 0.5) is 10.2 Å². The largest absolute Gasteiger partial charge is 0.360 e. The van der Waals surface area contributed by atoms with E-state index < -0.39 is 36.7 Å². The Labute approximate surface area is 257 Å². The zero-order valence-electron chi connectivity index (χ0n) is 25.0. The van der Waals surface area contributed by atoms with Crippen LogP contribution in [0.15, 0.2) is 24.4 Å². The molecule has 0 spiro atoms. The molecule has 230 valence electrons. The highest BCUT2D eigenvalue weighted by atomic mass is 35.5. The number of ether oxygens (including phenoxy) is 1. The molecule has 0 saturated carbocycles. The average Bonchev–Trinajstić information content (AvgIpc) is 3.49. The number of alkyl halides is 2. The lowest BCUT2D eigenvalue weighted by Crippen LogP contribution is -2.44. The number of rotatable bonds is 15. The molecule has 3 heterocycles. The van der Waals surface area contributed by atoms with Crippen molar-refractivity contribution >= 4 is 48.9 Å².